The van der Waals surface area contributed by atoms with Gasteiger partial charge in [0.05, 0.1) is 12.7 Å². The molecule has 0 heterocycles. The zero-order chi connectivity index (χ0) is 29.7. The maximum atomic E-state index is 12.3. The minimum atomic E-state index is -0.822. The Labute approximate surface area is 240 Å². The van der Waals surface area contributed by atoms with Gasteiger partial charge >= 0.3 is 5.97 Å². The summed E-state index contributed by atoms with van der Waals surface area (Å²) >= 11 is 0. The third-order valence-electron chi connectivity index (χ3n) is 8.49. The fraction of sp³-hybridized carbons (Fsp3) is 0.444. The number of benzene rings is 3. The van der Waals surface area contributed by atoms with Gasteiger partial charge in [0.15, 0.2) is 0 Å². The average molecular weight is 543 g/mol. The van der Waals surface area contributed by atoms with Gasteiger partial charge in [-0.1, -0.05) is 95.3 Å². The van der Waals surface area contributed by atoms with Crippen molar-refractivity contribution in [2.24, 2.45) is 5.41 Å². The predicted molar refractivity (Wildman–Crippen MR) is 164 cm³/mol. The van der Waals surface area contributed by atoms with Crippen LogP contribution >= 0.6 is 0 Å². The maximum Gasteiger partial charge on any atom is 0.379 e. The first-order chi connectivity index (χ1) is 18.9. The highest BCUT2D eigenvalue weighted by molar-refractivity contribution is 6.40. The molecule has 0 saturated carbocycles. The Morgan fingerprint density at radius 3 is 1.90 bits per heavy atom. The van der Waals surface area contributed by atoms with Crippen LogP contribution in [0, 0.1) is 19.3 Å². The number of carbonyl (C=O) groups excluding carboxylic acids is 2. The summed E-state index contributed by atoms with van der Waals surface area (Å²) in [6, 6.07) is 20.7. The van der Waals surface area contributed by atoms with Crippen LogP contribution in [-0.2, 0) is 21.4 Å². The molecule has 214 valence electrons. The molecule has 0 aliphatic carbocycles. The van der Waals surface area contributed by atoms with E-state index in [1.54, 1.807) is 19.1 Å². The Balaban J connectivity index is 1.89. The fourth-order valence-electron chi connectivity index (χ4n) is 5.63. The lowest BCUT2D eigenvalue weighted by Gasteiger charge is -2.34. The van der Waals surface area contributed by atoms with Crippen molar-refractivity contribution < 1.29 is 19.4 Å². The number of carbonyl (C=O) groups is 2. The van der Waals surface area contributed by atoms with Crippen molar-refractivity contribution in [1.29, 1.82) is 0 Å². The Hall–Kier alpha value is -3.24. The molecule has 0 aliphatic heterocycles. The lowest BCUT2D eigenvalue weighted by molar-refractivity contribution is -0.137. The van der Waals surface area contributed by atoms with Gasteiger partial charge in [-0.05, 0) is 90.8 Å². The predicted octanol–water partition coefficient (Wildman–Crippen LogP) is 8.16. The number of aryl methyl sites for hydroxylation is 3. The van der Waals surface area contributed by atoms with Gasteiger partial charge in [-0.15, -0.1) is 0 Å². The smallest absolute Gasteiger partial charge is 0.379 e. The van der Waals surface area contributed by atoms with E-state index in [1.807, 2.05) is 12.1 Å². The number of aliphatic hydroxyl groups is 1. The van der Waals surface area contributed by atoms with E-state index in [1.165, 1.54) is 22.3 Å². The van der Waals surface area contributed by atoms with E-state index < -0.39 is 11.8 Å². The average Bonchev–Trinajstić information content (AvgIpc) is 2.93. The van der Waals surface area contributed by atoms with E-state index in [4.69, 9.17) is 4.74 Å². The minimum Gasteiger partial charge on any atom is -0.460 e. The van der Waals surface area contributed by atoms with Crippen LogP contribution in [0.25, 0.3) is 11.1 Å². The van der Waals surface area contributed by atoms with Crippen molar-refractivity contribution in [3.63, 3.8) is 0 Å². The second-order valence-corrected chi connectivity index (χ2v) is 12.0. The monoisotopic (exact) mass is 542 g/mol. The van der Waals surface area contributed by atoms with Crippen LogP contribution in [0.5, 0.6) is 0 Å². The second-order valence-electron chi connectivity index (χ2n) is 12.0. The molecule has 0 aromatic heterocycles. The first-order valence-corrected chi connectivity index (χ1v) is 14.6. The molecule has 0 fully saturated rings. The van der Waals surface area contributed by atoms with Crippen LogP contribution in [0.4, 0.5) is 0 Å². The standard InChI is InChI=1S/C36H46O4/c1-9-36(10-2,29-18-16-26(24(4)22-29)17-21-32(37)35(6,7)8)30-19-20-31(25(5)23-30)27-12-14-28(15-13-27)33(38)34(39)40-11-3/h12-16,18-20,22-23,32,37H,9-11,17,21H2,1-8H3. The minimum absolute atomic E-state index is 0.104. The molecule has 0 aliphatic rings. The van der Waals surface area contributed by atoms with E-state index >= 15 is 0 Å². The molecule has 1 N–H and O–H groups in total. The van der Waals surface area contributed by atoms with Gasteiger partial charge in [-0.2, -0.15) is 0 Å². The highest BCUT2D eigenvalue weighted by atomic mass is 16.5. The van der Waals surface area contributed by atoms with E-state index in [0.717, 1.165) is 42.4 Å². The SMILES string of the molecule is CCOC(=O)C(=O)c1ccc(-c2ccc(C(CC)(CC)c3ccc(CCC(O)C(C)(C)C)c(C)c3)cc2C)cc1. The van der Waals surface area contributed by atoms with Crippen LogP contribution in [0.2, 0.25) is 0 Å². The van der Waals surface area contributed by atoms with Crippen molar-refractivity contribution >= 4 is 11.8 Å². The third-order valence-corrected chi connectivity index (χ3v) is 8.49. The lowest BCUT2D eigenvalue weighted by Crippen LogP contribution is -2.27. The number of hydrogen-bond donors (Lipinski definition) is 1. The zero-order valence-electron chi connectivity index (χ0n) is 25.6. The summed E-state index contributed by atoms with van der Waals surface area (Å²) in [7, 11) is 0. The van der Waals surface area contributed by atoms with Crippen LogP contribution in [0.15, 0.2) is 60.7 Å². The van der Waals surface area contributed by atoms with Gasteiger partial charge in [0, 0.05) is 11.0 Å². The Kier molecular flexibility index (Phi) is 10.1. The number of hydrogen-bond acceptors (Lipinski definition) is 4. The quantitative estimate of drug-likeness (QED) is 0.151. The van der Waals surface area contributed by atoms with Crippen molar-refractivity contribution in [1.82, 2.24) is 0 Å². The third kappa shape index (κ3) is 6.72. The molecule has 3 aromatic rings. The molecule has 4 nitrogen and oxygen atoms in total. The lowest BCUT2D eigenvalue weighted by atomic mass is 9.69. The van der Waals surface area contributed by atoms with E-state index in [-0.39, 0.29) is 23.5 Å². The molecule has 3 rings (SSSR count). The topological polar surface area (TPSA) is 63.6 Å². The van der Waals surface area contributed by atoms with Gasteiger partial charge in [0.25, 0.3) is 5.78 Å². The van der Waals surface area contributed by atoms with E-state index in [2.05, 4.69) is 84.9 Å². The number of ether oxygens (including phenoxy) is 1. The number of ketones is 1. The number of esters is 1. The summed E-state index contributed by atoms with van der Waals surface area (Å²) < 4.78 is 4.84. The molecule has 4 heteroatoms. The first kappa shape index (κ1) is 31.3. The molecular weight excluding hydrogens is 496 g/mol. The Morgan fingerprint density at radius 2 is 1.40 bits per heavy atom. The molecule has 1 atom stereocenters. The van der Waals surface area contributed by atoms with Gasteiger partial charge in [-0.3, -0.25) is 4.79 Å². The first-order valence-electron chi connectivity index (χ1n) is 14.6. The molecule has 0 spiro atoms. The fourth-order valence-corrected chi connectivity index (χ4v) is 5.63. The summed E-state index contributed by atoms with van der Waals surface area (Å²) in [5, 5.41) is 10.5. The van der Waals surface area contributed by atoms with Crippen LogP contribution in [-0.4, -0.2) is 29.6 Å². The highest BCUT2D eigenvalue weighted by Crippen LogP contribution is 2.41. The second kappa shape index (κ2) is 13.0. The van der Waals surface area contributed by atoms with Crippen LogP contribution in [0.1, 0.15) is 99.0 Å². The molecular formula is C36H46O4. The summed E-state index contributed by atoms with van der Waals surface area (Å²) in [5.74, 6) is -1.44. The summed E-state index contributed by atoms with van der Waals surface area (Å²) in [4.78, 5) is 24.1. The summed E-state index contributed by atoms with van der Waals surface area (Å²) in [6.45, 7) is 16.9. The Bertz CT molecular complexity index is 1320. The molecule has 0 saturated heterocycles. The molecule has 40 heavy (non-hydrogen) atoms. The van der Waals surface area contributed by atoms with E-state index in [9.17, 15) is 14.7 Å². The van der Waals surface area contributed by atoms with Gasteiger partial charge in [0.2, 0.25) is 0 Å². The van der Waals surface area contributed by atoms with Crippen molar-refractivity contribution in [3.05, 3.63) is 94.0 Å². The zero-order valence-corrected chi connectivity index (χ0v) is 25.6. The van der Waals surface area contributed by atoms with Crippen molar-refractivity contribution in [2.75, 3.05) is 6.61 Å². The van der Waals surface area contributed by atoms with Crippen molar-refractivity contribution in [3.8, 4) is 11.1 Å². The van der Waals surface area contributed by atoms with Crippen molar-refractivity contribution in [2.45, 2.75) is 92.6 Å². The van der Waals surface area contributed by atoms with Gasteiger partial charge < -0.3 is 9.84 Å². The Morgan fingerprint density at radius 1 is 0.825 bits per heavy atom. The van der Waals surface area contributed by atoms with Crippen LogP contribution in [0.3, 0.4) is 0 Å². The molecule has 0 amide bonds. The normalized spacial score (nSPS) is 12.7. The van der Waals surface area contributed by atoms with Gasteiger partial charge in [-0.25, -0.2) is 4.79 Å². The summed E-state index contributed by atoms with van der Waals surface area (Å²) in [5.41, 5.74) is 8.57. The maximum absolute atomic E-state index is 12.3. The molecule has 0 bridgehead atoms. The number of Topliss-reactive ketones (excluding diaryl/α,β-unsaturated/α-hetero) is 1. The van der Waals surface area contributed by atoms with Crippen LogP contribution < -0.4 is 0 Å². The van der Waals surface area contributed by atoms with E-state index in [0.29, 0.717) is 5.56 Å². The van der Waals surface area contributed by atoms with Gasteiger partial charge in [0.1, 0.15) is 0 Å². The number of rotatable bonds is 11. The summed E-state index contributed by atoms with van der Waals surface area (Å²) in [6.07, 6.45) is 3.26. The highest BCUT2D eigenvalue weighted by Gasteiger charge is 2.31. The molecule has 1 unspecified atom stereocenters. The molecule has 3 aromatic carbocycles. The molecule has 0 radical (unpaired) electrons. The number of aliphatic hydroxyl groups excluding tert-OH is 1. The largest absolute Gasteiger partial charge is 0.460 e.